The lowest BCUT2D eigenvalue weighted by atomic mass is 10.0. The molecule has 26 heavy (non-hydrogen) atoms. The van der Waals surface area contributed by atoms with Gasteiger partial charge in [0.25, 0.3) is 0 Å². The Labute approximate surface area is 163 Å². The molecule has 0 unspecified atom stereocenters. The van der Waals surface area contributed by atoms with E-state index in [0.717, 1.165) is 11.3 Å². The van der Waals surface area contributed by atoms with Crippen molar-refractivity contribution in [2.75, 3.05) is 12.9 Å². The van der Waals surface area contributed by atoms with Crippen LogP contribution in [0, 0.1) is 6.92 Å². The Balaban J connectivity index is 1.91. The maximum absolute atomic E-state index is 12.3. The van der Waals surface area contributed by atoms with Crippen LogP contribution in [0.2, 0.25) is 5.02 Å². The number of hydrogen-bond acceptors (Lipinski definition) is 4. The highest BCUT2D eigenvalue weighted by molar-refractivity contribution is 7.99. The van der Waals surface area contributed by atoms with E-state index in [1.165, 1.54) is 30.0 Å². The van der Waals surface area contributed by atoms with Gasteiger partial charge in [-0.1, -0.05) is 53.6 Å². The summed E-state index contributed by atoms with van der Waals surface area (Å²) >= 11 is 7.44. The van der Waals surface area contributed by atoms with Gasteiger partial charge >= 0.3 is 5.97 Å². The lowest BCUT2D eigenvalue weighted by Crippen LogP contribution is -2.31. The molecule has 1 N–H and O–H groups in total. The van der Waals surface area contributed by atoms with Crippen molar-refractivity contribution >= 4 is 35.2 Å². The molecule has 2 rings (SSSR count). The number of aryl methyl sites for hydroxylation is 1. The summed E-state index contributed by atoms with van der Waals surface area (Å²) in [6.07, 6.45) is 0.0759. The van der Waals surface area contributed by atoms with Crippen LogP contribution >= 0.6 is 23.4 Å². The number of thioether (sulfide) groups is 1. The van der Waals surface area contributed by atoms with Gasteiger partial charge in [-0.25, -0.2) is 0 Å². The SMILES string of the molecule is COC(=O)C[C@@H](NC(=O)CSCc1ccc(C)cc1)c1ccc(Cl)cc1. The molecule has 138 valence electrons. The van der Waals surface area contributed by atoms with Crippen molar-refractivity contribution in [1.29, 1.82) is 0 Å². The van der Waals surface area contributed by atoms with Gasteiger partial charge in [-0.2, -0.15) is 0 Å². The maximum atomic E-state index is 12.3. The van der Waals surface area contributed by atoms with Crippen molar-refractivity contribution in [2.45, 2.75) is 25.1 Å². The molecule has 0 aliphatic rings. The van der Waals surface area contributed by atoms with Crippen LogP contribution < -0.4 is 5.32 Å². The molecule has 0 aliphatic heterocycles. The average molecular weight is 392 g/mol. The molecule has 0 heterocycles. The smallest absolute Gasteiger partial charge is 0.307 e. The number of carbonyl (C=O) groups is 2. The highest BCUT2D eigenvalue weighted by Gasteiger charge is 2.19. The van der Waals surface area contributed by atoms with Gasteiger partial charge in [0.15, 0.2) is 0 Å². The van der Waals surface area contributed by atoms with E-state index in [2.05, 4.69) is 29.6 Å². The third kappa shape index (κ3) is 6.73. The zero-order valence-corrected chi connectivity index (χ0v) is 16.4. The van der Waals surface area contributed by atoms with E-state index < -0.39 is 6.04 Å². The number of methoxy groups -OCH3 is 1. The molecule has 0 aromatic heterocycles. The normalized spacial score (nSPS) is 11.7. The van der Waals surface area contributed by atoms with Gasteiger partial charge < -0.3 is 10.1 Å². The minimum atomic E-state index is -0.438. The molecule has 0 bridgehead atoms. The van der Waals surface area contributed by atoms with Gasteiger partial charge in [0.2, 0.25) is 5.91 Å². The number of halogens is 1. The average Bonchev–Trinajstić information content (AvgIpc) is 2.63. The van der Waals surface area contributed by atoms with Gasteiger partial charge in [0.1, 0.15) is 0 Å². The third-order valence-corrected chi connectivity index (χ3v) is 5.08. The summed E-state index contributed by atoms with van der Waals surface area (Å²) in [6, 6.07) is 14.9. The first-order valence-corrected chi connectivity index (χ1v) is 9.76. The summed E-state index contributed by atoms with van der Waals surface area (Å²) in [7, 11) is 1.33. The fraction of sp³-hybridized carbons (Fsp3) is 0.300. The second-order valence-electron chi connectivity index (χ2n) is 5.93. The molecule has 1 amide bonds. The Morgan fingerprint density at radius 2 is 1.77 bits per heavy atom. The van der Waals surface area contributed by atoms with Gasteiger partial charge in [-0.3, -0.25) is 9.59 Å². The van der Waals surface area contributed by atoms with Crippen LogP contribution in [0.25, 0.3) is 0 Å². The highest BCUT2D eigenvalue weighted by Crippen LogP contribution is 2.21. The first kappa shape index (κ1) is 20.3. The predicted molar refractivity (Wildman–Crippen MR) is 106 cm³/mol. The predicted octanol–water partition coefficient (Wildman–Crippen LogP) is 4.30. The van der Waals surface area contributed by atoms with E-state index in [1.54, 1.807) is 24.3 Å². The van der Waals surface area contributed by atoms with Crippen molar-refractivity contribution in [3.05, 3.63) is 70.2 Å². The highest BCUT2D eigenvalue weighted by atomic mass is 35.5. The van der Waals surface area contributed by atoms with Crippen LogP contribution in [-0.2, 0) is 20.1 Å². The number of ether oxygens (including phenoxy) is 1. The summed E-state index contributed by atoms with van der Waals surface area (Å²) in [4.78, 5) is 24.0. The lowest BCUT2D eigenvalue weighted by Gasteiger charge is -2.18. The Bertz CT molecular complexity index is 732. The van der Waals surface area contributed by atoms with Gasteiger partial charge in [0, 0.05) is 10.8 Å². The molecule has 2 aromatic rings. The largest absolute Gasteiger partial charge is 0.469 e. The van der Waals surface area contributed by atoms with Crippen molar-refractivity contribution in [3.8, 4) is 0 Å². The molecule has 0 saturated carbocycles. The fourth-order valence-electron chi connectivity index (χ4n) is 2.38. The molecule has 0 aliphatic carbocycles. The van der Waals surface area contributed by atoms with E-state index in [1.807, 2.05) is 6.92 Å². The van der Waals surface area contributed by atoms with E-state index in [4.69, 9.17) is 16.3 Å². The van der Waals surface area contributed by atoms with Crippen molar-refractivity contribution in [2.24, 2.45) is 0 Å². The van der Waals surface area contributed by atoms with E-state index in [9.17, 15) is 9.59 Å². The minimum absolute atomic E-state index is 0.0759. The summed E-state index contributed by atoms with van der Waals surface area (Å²) in [6.45, 7) is 2.04. The first-order valence-electron chi connectivity index (χ1n) is 8.23. The molecule has 0 fully saturated rings. The Kier molecular flexibility index (Phi) is 8.01. The van der Waals surface area contributed by atoms with E-state index in [0.29, 0.717) is 10.8 Å². The summed E-state index contributed by atoms with van der Waals surface area (Å²) in [5.74, 6) is 0.582. The second kappa shape index (κ2) is 10.2. The molecule has 0 radical (unpaired) electrons. The molecule has 0 saturated heterocycles. The summed E-state index contributed by atoms with van der Waals surface area (Å²) < 4.78 is 4.73. The summed E-state index contributed by atoms with van der Waals surface area (Å²) in [5.41, 5.74) is 3.21. The monoisotopic (exact) mass is 391 g/mol. The molecule has 6 heteroatoms. The van der Waals surface area contributed by atoms with Crippen LogP contribution in [-0.4, -0.2) is 24.7 Å². The lowest BCUT2D eigenvalue weighted by molar-refractivity contribution is -0.141. The number of hydrogen-bond donors (Lipinski definition) is 1. The molecular weight excluding hydrogens is 370 g/mol. The number of nitrogens with one attached hydrogen (secondary N) is 1. The number of benzene rings is 2. The van der Waals surface area contributed by atoms with E-state index in [-0.39, 0.29) is 18.3 Å². The van der Waals surface area contributed by atoms with E-state index >= 15 is 0 Å². The Hall–Kier alpha value is -1.98. The first-order chi connectivity index (χ1) is 12.5. The number of rotatable bonds is 8. The van der Waals surface area contributed by atoms with Crippen molar-refractivity contribution in [1.82, 2.24) is 5.32 Å². The number of carbonyl (C=O) groups excluding carboxylic acids is 2. The fourth-order valence-corrected chi connectivity index (χ4v) is 3.30. The maximum Gasteiger partial charge on any atom is 0.307 e. The molecule has 2 aromatic carbocycles. The third-order valence-electron chi connectivity index (χ3n) is 3.83. The molecular formula is C20H22ClNO3S. The van der Waals surface area contributed by atoms with Gasteiger partial charge in [-0.05, 0) is 30.2 Å². The number of amides is 1. The van der Waals surface area contributed by atoms with Crippen LogP contribution in [0.3, 0.4) is 0 Å². The Morgan fingerprint density at radius 3 is 2.38 bits per heavy atom. The molecule has 4 nitrogen and oxygen atoms in total. The van der Waals surface area contributed by atoms with Crippen LogP contribution in [0.15, 0.2) is 48.5 Å². The second-order valence-corrected chi connectivity index (χ2v) is 7.35. The topological polar surface area (TPSA) is 55.4 Å². The Morgan fingerprint density at radius 1 is 1.12 bits per heavy atom. The minimum Gasteiger partial charge on any atom is -0.469 e. The standard InChI is InChI=1S/C20H22ClNO3S/c1-14-3-5-15(6-4-14)12-26-13-19(23)22-18(11-20(24)25-2)16-7-9-17(21)10-8-16/h3-10,18H,11-13H2,1-2H3,(H,22,23)/t18-/m1/s1. The van der Waals surface area contributed by atoms with Crippen molar-refractivity contribution in [3.63, 3.8) is 0 Å². The zero-order chi connectivity index (χ0) is 18.9. The molecule has 1 atom stereocenters. The van der Waals surface area contributed by atoms with Crippen molar-refractivity contribution < 1.29 is 14.3 Å². The van der Waals surface area contributed by atoms with Crippen LogP contribution in [0.4, 0.5) is 0 Å². The molecule has 0 spiro atoms. The van der Waals surface area contributed by atoms with Gasteiger partial charge in [-0.15, -0.1) is 11.8 Å². The number of esters is 1. The quantitative estimate of drug-likeness (QED) is 0.681. The van der Waals surface area contributed by atoms with Crippen LogP contribution in [0.1, 0.15) is 29.2 Å². The zero-order valence-electron chi connectivity index (χ0n) is 14.8. The summed E-state index contributed by atoms with van der Waals surface area (Å²) in [5, 5.41) is 3.51. The van der Waals surface area contributed by atoms with Gasteiger partial charge in [0.05, 0.1) is 25.3 Å². The van der Waals surface area contributed by atoms with Crippen LogP contribution in [0.5, 0.6) is 0 Å².